The lowest BCUT2D eigenvalue weighted by Crippen LogP contribution is -2.12. The predicted molar refractivity (Wildman–Crippen MR) is 83.9 cm³/mol. The molecule has 4 nitrogen and oxygen atoms in total. The Balaban J connectivity index is 1.56. The number of nitrogens with one attached hydrogen (secondary N) is 1. The Hall–Kier alpha value is -1.50. The van der Waals surface area contributed by atoms with Crippen molar-refractivity contribution in [2.45, 2.75) is 13.1 Å². The number of imidazole rings is 1. The molecule has 0 radical (unpaired) electrons. The average molecular weight is 349 g/mol. The van der Waals surface area contributed by atoms with E-state index in [9.17, 15) is 0 Å². The summed E-state index contributed by atoms with van der Waals surface area (Å²) in [5, 5.41) is 5.51. The lowest BCUT2D eigenvalue weighted by Gasteiger charge is -2.05. The molecule has 0 saturated heterocycles. The summed E-state index contributed by atoms with van der Waals surface area (Å²) in [5.41, 5.74) is 1.17. The number of hydrogen-bond acceptors (Lipinski definition) is 4. The third kappa shape index (κ3) is 3.33. The SMILES string of the molecule is Brc1csc(CNCc2ccc(-n3ccnc3)nc2)c1. The van der Waals surface area contributed by atoms with Crippen LogP contribution in [0.5, 0.6) is 0 Å². The first-order valence-electron chi connectivity index (χ1n) is 6.18. The largest absolute Gasteiger partial charge is 0.308 e. The molecule has 3 aromatic rings. The van der Waals surface area contributed by atoms with E-state index in [-0.39, 0.29) is 0 Å². The van der Waals surface area contributed by atoms with Gasteiger partial charge in [-0.3, -0.25) is 4.57 Å². The van der Waals surface area contributed by atoms with Gasteiger partial charge in [0.15, 0.2) is 0 Å². The fraction of sp³-hybridized carbons (Fsp3) is 0.143. The summed E-state index contributed by atoms with van der Waals surface area (Å²) < 4.78 is 3.03. The molecule has 1 N–H and O–H groups in total. The lowest BCUT2D eigenvalue weighted by molar-refractivity contribution is 0.698. The molecule has 0 aromatic carbocycles. The third-order valence-electron chi connectivity index (χ3n) is 2.83. The minimum atomic E-state index is 0.812. The second-order valence-corrected chi connectivity index (χ2v) is 6.24. The van der Waals surface area contributed by atoms with Gasteiger partial charge in [0.1, 0.15) is 12.1 Å². The normalized spacial score (nSPS) is 10.8. The highest BCUT2D eigenvalue weighted by molar-refractivity contribution is 9.10. The van der Waals surface area contributed by atoms with Gasteiger partial charge < -0.3 is 5.32 Å². The van der Waals surface area contributed by atoms with E-state index in [4.69, 9.17) is 0 Å². The number of thiophene rings is 1. The van der Waals surface area contributed by atoms with Crippen molar-refractivity contribution in [3.8, 4) is 5.82 Å². The zero-order chi connectivity index (χ0) is 13.8. The van der Waals surface area contributed by atoms with E-state index in [0.29, 0.717) is 0 Å². The Bertz CT molecular complexity index is 661. The van der Waals surface area contributed by atoms with E-state index < -0.39 is 0 Å². The van der Waals surface area contributed by atoms with Crippen molar-refractivity contribution in [3.05, 3.63) is 63.4 Å². The maximum Gasteiger partial charge on any atom is 0.137 e. The van der Waals surface area contributed by atoms with Gasteiger partial charge in [0.2, 0.25) is 0 Å². The molecule has 3 rings (SSSR count). The summed E-state index contributed by atoms with van der Waals surface area (Å²) in [6.45, 7) is 1.69. The van der Waals surface area contributed by atoms with Gasteiger partial charge in [0, 0.05) is 46.4 Å². The monoisotopic (exact) mass is 348 g/mol. The van der Waals surface area contributed by atoms with Crippen molar-refractivity contribution >= 4 is 27.3 Å². The van der Waals surface area contributed by atoms with Gasteiger partial charge in [-0.2, -0.15) is 0 Å². The Kier molecular flexibility index (Phi) is 4.25. The van der Waals surface area contributed by atoms with Crippen LogP contribution in [0.4, 0.5) is 0 Å². The van der Waals surface area contributed by atoms with Gasteiger partial charge in [-0.15, -0.1) is 11.3 Å². The molecule has 0 atom stereocenters. The molecule has 20 heavy (non-hydrogen) atoms. The van der Waals surface area contributed by atoms with Crippen LogP contribution in [0.3, 0.4) is 0 Å². The van der Waals surface area contributed by atoms with Crippen LogP contribution in [0.2, 0.25) is 0 Å². The number of aromatic nitrogens is 3. The first-order valence-corrected chi connectivity index (χ1v) is 7.85. The van der Waals surface area contributed by atoms with Crippen LogP contribution in [0.25, 0.3) is 5.82 Å². The van der Waals surface area contributed by atoms with E-state index in [2.05, 4.69) is 48.7 Å². The molecule has 0 unspecified atom stereocenters. The number of hydrogen-bond donors (Lipinski definition) is 1. The zero-order valence-corrected chi connectivity index (χ0v) is 13.1. The van der Waals surface area contributed by atoms with E-state index in [0.717, 1.165) is 23.4 Å². The van der Waals surface area contributed by atoms with Crippen LogP contribution in [-0.2, 0) is 13.1 Å². The van der Waals surface area contributed by atoms with Crippen molar-refractivity contribution in [3.63, 3.8) is 0 Å². The molecule has 6 heteroatoms. The van der Waals surface area contributed by atoms with Gasteiger partial charge in [-0.05, 0) is 33.6 Å². The van der Waals surface area contributed by atoms with Crippen molar-refractivity contribution in [1.29, 1.82) is 0 Å². The van der Waals surface area contributed by atoms with E-state index in [1.807, 2.05) is 23.0 Å². The number of pyridine rings is 1. The highest BCUT2D eigenvalue weighted by Gasteiger charge is 2.00. The summed E-state index contributed by atoms with van der Waals surface area (Å²) in [4.78, 5) is 9.76. The molecule has 0 aliphatic carbocycles. The number of halogens is 1. The predicted octanol–water partition coefficient (Wildman–Crippen LogP) is 3.38. The van der Waals surface area contributed by atoms with Crippen LogP contribution in [0, 0.1) is 0 Å². The molecule has 102 valence electrons. The topological polar surface area (TPSA) is 42.7 Å². The van der Waals surface area contributed by atoms with E-state index in [1.165, 1.54) is 10.4 Å². The van der Waals surface area contributed by atoms with Crippen LogP contribution in [0.15, 0.2) is 53.0 Å². The molecule has 0 aliphatic heterocycles. The Morgan fingerprint density at radius 1 is 1.30 bits per heavy atom. The molecule has 3 aromatic heterocycles. The smallest absolute Gasteiger partial charge is 0.137 e. The maximum atomic E-state index is 4.43. The van der Waals surface area contributed by atoms with Crippen molar-refractivity contribution in [2.24, 2.45) is 0 Å². The maximum absolute atomic E-state index is 4.43. The Morgan fingerprint density at radius 2 is 2.25 bits per heavy atom. The zero-order valence-electron chi connectivity index (χ0n) is 10.7. The van der Waals surface area contributed by atoms with Crippen LogP contribution in [0.1, 0.15) is 10.4 Å². The summed E-state index contributed by atoms with van der Waals surface area (Å²) >= 11 is 5.21. The van der Waals surface area contributed by atoms with Crippen LogP contribution < -0.4 is 5.32 Å². The Labute approximate surface area is 129 Å². The van der Waals surface area contributed by atoms with Gasteiger partial charge in [-0.1, -0.05) is 6.07 Å². The highest BCUT2D eigenvalue weighted by Crippen LogP contribution is 2.19. The molecular formula is C14H13BrN4S. The van der Waals surface area contributed by atoms with E-state index >= 15 is 0 Å². The van der Waals surface area contributed by atoms with E-state index in [1.54, 1.807) is 23.9 Å². The summed E-state index contributed by atoms with van der Waals surface area (Å²) in [6, 6.07) is 6.22. The fourth-order valence-corrected chi connectivity index (χ4v) is 3.27. The fourth-order valence-electron chi connectivity index (χ4n) is 1.85. The van der Waals surface area contributed by atoms with Crippen LogP contribution in [-0.4, -0.2) is 14.5 Å². The number of nitrogens with zero attached hydrogens (tertiary/aromatic N) is 3. The Morgan fingerprint density at radius 3 is 2.90 bits per heavy atom. The van der Waals surface area contributed by atoms with Crippen LogP contribution >= 0.6 is 27.3 Å². The van der Waals surface area contributed by atoms with Gasteiger partial charge in [0.05, 0.1) is 0 Å². The minimum absolute atomic E-state index is 0.812. The molecule has 0 fully saturated rings. The van der Waals surface area contributed by atoms with Gasteiger partial charge in [0.25, 0.3) is 0 Å². The molecule has 0 bridgehead atoms. The van der Waals surface area contributed by atoms with Gasteiger partial charge >= 0.3 is 0 Å². The molecule has 0 aliphatic rings. The third-order valence-corrected chi connectivity index (χ3v) is 4.53. The first-order chi connectivity index (χ1) is 9.81. The first kappa shape index (κ1) is 13.5. The van der Waals surface area contributed by atoms with Crippen molar-refractivity contribution < 1.29 is 0 Å². The highest BCUT2D eigenvalue weighted by atomic mass is 79.9. The molecule has 3 heterocycles. The lowest BCUT2D eigenvalue weighted by atomic mass is 10.3. The molecular weight excluding hydrogens is 336 g/mol. The standard InChI is InChI=1S/C14H13BrN4S/c15-12-5-13(20-9-12)8-17-6-11-1-2-14(18-7-11)19-4-3-16-10-19/h1-5,7,9-10,17H,6,8H2. The quantitative estimate of drug-likeness (QED) is 0.768. The van der Waals surface area contributed by atoms with Crippen molar-refractivity contribution in [2.75, 3.05) is 0 Å². The molecule has 0 spiro atoms. The second-order valence-electron chi connectivity index (χ2n) is 4.33. The molecule has 0 saturated carbocycles. The second kappa shape index (κ2) is 6.30. The summed E-state index contributed by atoms with van der Waals surface area (Å²) in [7, 11) is 0. The summed E-state index contributed by atoms with van der Waals surface area (Å²) in [6.07, 6.45) is 7.27. The minimum Gasteiger partial charge on any atom is -0.308 e. The number of rotatable bonds is 5. The van der Waals surface area contributed by atoms with Gasteiger partial charge in [-0.25, -0.2) is 9.97 Å². The summed E-state index contributed by atoms with van der Waals surface area (Å²) in [5.74, 6) is 0.883. The molecule has 0 amide bonds. The average Bonchev–Trinajstić information content (AvgIpc) is 3.11. The van der Waals surface area contributed by atoms with Crippen molar-refractivity contribution in [1.82, 2.24) is 19.9 Å².